The van der Waals surface area contributed by atoms with Crippen LogP contribution in [-0.4, -0.2) is 60.9 Å². The molecule has 0 aromatic heterocycles. The van der Waals surface area contributed by atoms with E-state index in [9.17, 15) is 4.79 Å². The van der Waals surface area contributed by atoms with E-state index in [0.29, 0.717) is 0 Å². The second kappa shape index (κ2) is 12.9. The molecule has 1 aliphatic rings. The highest BCUT2D eigenvalue weighted by Crippen LogP contribution is 2.07. The molecule has 1 heterocycles. The summed E-state index contributed by atoms with van der Waals surface area (Å²) >= 11 is 0. The molecule has 1 N–H and O–H groups in total. The first-order valence-corrected chi connectivity index (χ1v) is 9.53. The van der Waals surface area contributed by atoms with Crippen molar-refractivity contribution in [1.29, 1.82) is 0 Å². The van der Waals surface area contributed by atoms with Crippen molar-refractivity contribution in [3.05, 3.63) is 35.9 Å². The molecule has 6 heteroatoms. The van der Waals surface area contributed by atoms with E-state index in [0.717, 1.165) is 58.1 Å². The van der Waals surface area contributed by atoms with Gasteiger partial charge in [0.1, 0.15) is 0 Å². The minimum Gasteiger partial charge on any atom is -0.357 e. The van der Waals surface area contributed by atoms with Gasteiger partial charge in [-0.25, -0.2) is 0 Å². The van der Waals surface area contributed by atoms with E-state index in [1.165, 1.54) is 18.4 Å². The van der Waals surface area contributed by atoms with Crippen molar-refractivity contribution in [3.8, 4) is 0 Å². The second-order valence-electron chi connectivity index (χ2n) is 6.53. The van der Waals surface area contributed by atoms with Gasteiger partial charge in [-0.15, -0.1) is 24.0 Å². The lowest BCUT2D eigenvalue weighted by Crippen LogP contribution is -2.53. The predicted octanol–water partition coefficient (Wildman–Crippen LogP) is 3.15. The molecule has 1 amide bonds. The minimum absolute atomic E-state index is 0. The largest absolute Gasteiger partial charge is 0.357 e. The van der Waals surface area contributed by atoms with E-state index in [1.54, 1.807) is 6.92 Å². The molecule has 1 aromatic rings. The van der Waals surface area contributed by atoms with E-state index in [2.05, 4.69) is 47.5 Å². The summed E-state index contributed by atoms with van der Waals surface area (Å²) in [6.45, 7) is 8.78. The predicted molar refractivity (Wildman–Crippen MR) is 119 cm³/mol. The normalized spacial score (nSPS) is 14.8. The molecule has 1 fully saturated rings. The summed E-state index contributed by atoms with van der Waals surface area (Å²) in [7, 11) is 0. The molecule has 26 heavy (non-hydrogen) atoms. The third kappa shape index (κ3) is 7.93. The summed E-state index contributed by atoms with van der Waals surface area (Å²) in [6.07, 6.45) is 4.69. The number of aryl methyl sites for hydroxylation is 1. The lowest BCUT2D eigenvalue weighted by molar-refractivity contribution is -0.130. The summed E-state index contributed by atoms with van der Waals surface area (Å²) in [6, 6.07) is 10.7. The van der Waals surface area contributed by atoms with E-state index in [4.69, 9.17) is 4.99 Å². The molecule has 0 radical (unpaired) electrons. The van der Waals surface area contributed by atoms with Crippen LogP contribution in [0.4, 0.5) is 0 Å². The van der Waals surface area contributed by atoms with Crippen LogP contribution >= 0.6 is 24.0 Å². The number of aliphatic imine (C=N–C) groups is 1. The fourth-order valence-electron chi connectivity index (χ4n) is 3.11. The van der Waals surface area contributed by atoms with E-state index >= 15 is 0 Å². The third-order valence-corrected chi connectivity index (χ3v) is 4.59. The van der Waals surface area contributed by atoms with Crippen LogP contribution in [0.2, 0.25) is 0 Å². The number of amides is 1. The van der Waals surface area contributed by atoms with Gasteiger partial charge < -0.3 is 15.1 Å². The van der Waals surface area contributed by atoms with Crippen molar-refractivity contribution in [3.63, 3.8) is 0 Å². The van der Waals surface area contributed by atoms with Gasteiger partial charge in [0, 0.05) is 46.2 Å². The number of piperazine rings is 1. The molecule has 5 nitrogen and oxygen atoms in total. The summed E-state index contributed by atoms with van der Waals surface area (Å²) in [5, 5.41) is 3.39. The number of halogens is 1. The van der Waals surface area contributed by atoms with Gasteiger partial charge in [-0.2, -0.15) is 0 Å². The zero-order chi connectivity index (χ0) is 17.9. The lowest BCUT2D eigenvalue weighted by Gasteiger charge is -2.36. The first-order valence-electron chi connectivity index (χ1n) is 9.53. The number of rotatable bonds is 7. The van der Waals surface area contributed by atoms with Gasteiger partial charge in [0.05, 0.1) is 0 Å². The highest BCUT2D eigenvalue weighted by atomic mass is 127. The number of hydrogen-bond acceptors (Lipinski definition) is 2. The van der Waals surface area contributed by atoms with Gasteiger partial charge >= 0.3 is 0 Å². The van der Waals surface area contributed by atoms with Gasteiger partial charge in [0.25, 0.3) is 0 Å². The van der Waals surface area contributed by atoms with Crippen molar-refractivity contribution in [1.82, 2.24) is 15.1 Å². The third-order valence-electron chi connectivity index (χ3n) is 4.59. The number of nitrogens with one attached hydrogen (secondary N) is 1. The topological polar surface area (TPSA) is 47.9 Å². The van der Waals surface area contributed by atoms with Crippen LogP contribution in [0.1, 0.15) is 38.7 Å². The van der Waals surface area contributed by atoms with Crippen LogP contribution in [0.25, 0.3) is 0 Å². The lowest BCUT2D eigenvalue weighted by atomic mass is 10.1. The Balaban J connectivity index is 0.00000338. The van der Waals surface area contributed by atoms with Crippen molar-refractivity contribution in [2.45, 2.75) is 39.5 Å². The maximum Gasteiger partial charge on any atom is 0.219 e. The molecule has 1 saturated heterocycles. The first-order chi connectivity index (χ1) is 12.2. The highest BCUT2D eigenvalue weighted by Gasteiger charge is 2.20. The van der Waals surface area contributed by atoms with Crippen LogP contribution in [0.15, 0.2) is 35.3 Å². The van der Waals surface area contributed by atoms with Crippen LogP contribution in [-0.2, 0) is 11.2 Å². The van der Waals surface area contributed by atoms with Crippen molar-refractivity contribution >= 4 is 35.8 Å². The molecule has 0 saturated carbocycles. The summed E-state index contributed by atoms with van der Waals surface area (Å²) in [5.74, 6) is 1.16. The Hall–Kier alpha value is -1.31. The SMILES string of the molecule is CCNC(=NCCCCCc1ccccc1)N1CCN(C(C)=O)CC1.I. The molecule has 0 unspecified atom stereocenters. The van der Waals surface area contributed by atoms with E-state index in [1.807, 2.05) is 4.90 Å². The molecule has 1 aliphatic heterocycles. The molecule has 0 atom stereocenters. The Morgan fingerprint density at radius 2 is 1.69 bits per heavy atom. The van der Waals surface area contributed by atoms with Gasteiger partial charge in [-0.1, -0.05) is 36.8 Å². The quantitative estimate of drug-likeness (QED) is 0.287. The maximum atomic E-state index is 11.4. The smallest absolute Gasteiger partial charge is 0.219 e. The first kappa shape index (κ1) is 22.7. The highest BCUT2D eigenvalue weighted by molar-refractivity contribution is 14.0. The fourth-order valence-corrected chi connectivity index (χ4v) is 3.11. The number of unbranched alkanes of at least 4 members (excludes halogenated alkanes) is 2. The zero-order valence-corrected chi connectivity index (χ0v) is 18.4. The Labute approximate surface area is 175 Å². The monoisotopic (exact) mass is 472 g/mol. The molecule has 0 aliphatic carbocycles. The molecule has 146 valence electrons. The number of carbonyl (C=O) groups excluding carboxylic acids is 1. The number of nitrogens with zero attached hydrogens (tertiary/aromatic N) is 3. The van der Waals surface area contributed by atoms with Crippen LogP contribution < -0.4 is 5.32 Å². The zero-order valence-electron chi connectivity index (χ0n) is 16.1. The Morgan fingerprint density at radius 1 is 1.04 bits per heavy atom. The number of benzene rings is 1. The van der Waals surface area contributed by atoms with E-state index < -0.39 is 0 Å². The Kier molecular flexibility index (Phi) is 11.3. The molecule has 1 aromatic carbocycles. The number of guanidine groups is 1. The molecular weight excluding hydrogens is 439 g/mol. The van der Waals surface area contributed by atoms with Crippen molar-refractivity contribution in [2.75, 3.05) is 39.3 Å². The van der Waals surface area contributed by atoms with Gasteiger partial charge in [-0.3, -0.25) is 9.79 Å². The van der Waals surface area contributed by atoms with Gasteiger partial charge in [-0.05, 0) is 31.7 Å². The standard InChI is InChI=1S/C20H32N4O.HI/c1-3-21-20(24-16-14-23(15-17-24)18(2)25)22-13-9-5-8-12-19-10-6-4-7-11-19;/h4,6-7,10-11H,3,5,8-9,12-17H2,1-2H3,(H,21,22);1H. The van der Waals surface area contributed by atoms with Crippen LogP contribution in [0.3, 0.4) is 0 Å². The molecular formula is C20H33IN4O. The van der Waals surface area contributed by atoms with Crippen molar-refractivity contribution < 1.29 is 4.79 Å². The summed E-state index contributed by atoms with van der Waals surface area (Å²) in [5.41, 5.74) is 1.42. The van der Waals surface area contributed by atoms with Crippen LogP contribution in [0.5, 0.6) is 0 Å². The summed E-state index contributed by atoms with van der Waals surface area (Å²) in [4.78, 5) is 20.4. The molecule has 0 spiro atoms. The van der Waals surface area contributed by atoms with Crippen molar-refractivity contribution in [2.24, 2.45) is 4.99 Å². The number of hydrogen-bond donors (Lipinski definition) is 1. The van der Waals surface area contributed by atoms with E-state index in [-0.39, 0.29) is 29.9 Å². The van der Waals surface area contributed by atoms with Gasteiger partial charge in [0.15, 0.2) is 5.96 Å². The fraction of sp³-hybridized carbons (Fsp3) is 0.600. The molecule has 0 bridgehead atoms. The average molecular weight is 472 g/mol. The van der Waals surface area contributed by atoms with Gasteiger partial charge in [0.2, 0.25) is 5.91 Å². The maximum absolute atomic E-state index is 11.4. The van der Waals surface area contributed by atoms with Crippen LogP contribution in [0, 0.1) is 0 Å². The molecule has 2 rings (SSSR count). The second-order valence-corrected chi connectivity index (χ2v) is 6.53. The Morgan fingerprint density at radius 3 is 2.31 bits per heavy atom. The number of carbonyl (C=O) groups is 1. The Bertz CT molecular complexity index is 542. The summed E-state index contributed by atoms with van der Waals surface area (Å²) < 4.78 is 0. The minimum atomic E-state index is 0. The average Bonchev–Trinajstić information content (AvgIpc) is 2.64.